The van der Waals surface area contributed by atoms with Crippen LogP contribution in [0.25, 0.3) is 0 Å². The van der Waals surface area contributed by atoms with Gasteiger partial charge in [-0.2, -0.15) is 0 Å². The summed E-state index contributed by atoms with van der Waals surface area (Å²) in [6.07, 6.45) is 11.5. The van der Waals surface area contributed by atoms with Gasteiger partial charge in [-0.15, -0.1) is 5.47 Å². The lowest BCUT2D eigenvalue weighted by atomic mass is 9.94. The van der Waals surface area contributed by atoms with E-state index in [-0.39, 0.29) is 0 Å². The van der Waals surface area contributed by atoms with Gasteiger partial charge in [-0.1, -0.05) is 43.2 Å². The summed E-state index contributed by atoms with van der Waals surface area (Å²) in [6.45, 7) is 6.34. The quantitative estimate of drug-likeness (QED) is 0.338. The minimum atomic E-state index is 0.850. The topological polar surface area (TPSA) is 0 Å². The highest BCUT2D eigenvalue weighted by Crippen LogP contribution is 2.05. The van der Waals surface area contributed by atoms with Gasteiger partial charge in [-0.05, 0) is 26.7 Å². The van der Waals surface area contributed by atoms with Crippen molar-refractivity contribution in [1.29, 1.82) is 0 Å². The van der Waals surface area contributed by atoms with E-state index in [0.717, 1.165) is 11.9 Å². The van der Waals surface area contributed by atoms with Crippen molar-refractivity contribution in [3.8, 4) is 0 Å². The van der Waals surface area contributed by atoms with Crippen LogP contribution < -0.4 is 0 Å². The Kier molecular flexibility index (Phi) is 7.47. The molecule has 0 nitrogen and oxygen atoms in total. The van der Waals surface area contributed by atoms with Crippen LogP contribution in [0.2, 0.25) is 0 Å². The van der Waals surface area contributed by atoms with Gasteiger partial charge in [0, 0.05) is 0 Å². The van der Waals surface area contributed by atoms with Crippen molar-refractivity contribution in [3.63, 3.8) is 0 Å². The molecule has 0 aromatic carbocycles. The summed E-state index contributed by atoms with van der Waals surface area (Å²) in [5.41, 5.74) is 2.30. The highest BCUT2D eigenvalue weighted by atomic mass is 13.9. The zero-order valence-corrected chi connectivity index (χ0v) is 9.01. The van der Waals surface area contributed by atoms with Gasteiger partial charge in [-0.3, -0.25) is 0 Å². The second kappa shape index (κ2) is 7.91. The number of hydrogen-bond acceptors (Lipinski definition) is 0. The molecule has 0 bridgehead atoms. The van der Waals surface area contributed by atoms with E-state index in [1.165, 1.54) is 18.4 Å². The summed E-state index contributed by atoms with van der Waals surface area (Å²) < 4.78 is 0. The zero-order chi connectivity index (χ0) is 10.1. The molecule has 0 saturated heterocycles. The fraction of sp³-hybridized carbons (Fsp3) is 0.500. The molecule has 0 aliphatic rings. The predicted octanol–water partition coefficient (Wildman–Crippen LogP) is 3.75. The summed E-state index contributed by atoms with van der Waals surface area (Å²) in [4.78, 5) is 0. The summed E-state index contributed by atoms with van der Waals surface area (Å²) in [6, 6.07) is 0. The molecule has 0 aliphatic heterocycles. The average molecular weight is 174 g/mol. The van der Waals surface area contributed by atoms with E-state index in [0.29, 0.717) is 0 Å². The molecule has 70 valence electrons. The van der Waals surface area contributed by atoms with Crippen molar-refractivity contribution in [3.05, 3.63) is 35.3 Å². The van der Waals surface area contributed by atoms with Gasteiger partial charge in [0.2, 0.25) is 0 Å². The summed E-state index contributed by atoms with van der Waals surface area (Å²) in [5.74, 6) is 0. The second-order valence-corrected chi connectivity index (χ2v) is 3.24. The van der Waals surface area contributed by atoms with E-state index >= 15 is 0 Å². The molecule has 1 heteroatoms. The minimum Gasteiger partial charge on any atom is -0.101 e. The Morgan fingerprint density at radius 3 is 2.54 bits per heavy atom. The van der Waals surface area contributed by atoms with Crippen LogP contribution in [0.3, 0.4) is 0 Å². The van der Waals surface area contributed by atoms with Crippen LogP contribution in [0.15, 0.2) is 35.3 Å². The van der Waals surface area contributed by atoms with E-state index < -0.39 is 0 Å². The molecule has 0 aromatic rings. The normalized spacial score (nSPS) is 14.1. The largest absolute Gasteiger partial charge is 0.113 e. The third kappa shape index (κ3) is 7.64. The van der Waals surface area contributed by atoms with Gasteiger partial charge < -0.3 is 0 Å². The first-order valence-corrected chi connectivity index (χ1v) is 4.94. The van der Waals surface area contributed by atoms with Gasteiger partial charge in [0.1, 0.15) is 7.85 Å². The molecule has 2 radical (unpaired) electrons. The Morgan fingerprint density at radius 2 is 2.00 bits per heavy atom. The standard InChI is InChI=1S/C12H19B/c1-4-7-11(3)9-6-10-12(13)8-5-2/h5,8-10H,4,6-7H2,1-3H3/b8-5+,11-9+,12-10+. The molecule has 0 unspecified atom stereocenters. The zero-order valence-electron chi connectivity index (χ0n) is 9.01. The van der Waals surface area contributed by atoms with Gasteiger partial charge in [0.05, 0.1) is 0 Å². The summed E-state index contributed by atoms with van der Waals surface area (Å²) >= 11 is 0. The minimum absolute atomic E-state index is 0.850. The smallest absolute Gasteiger partial charge is 0.101 e. The molecule has 13 heavy (non-hydrogen) atoms. The molecule has 0 saturated carbocycles. The van der Waals surface area contributed by atoms with Crippen LogP contribution in [0, 0.1) is 0 Å². The maximum Gasteiger partial charge on any atom is 0.113 e. The predicted molar refractivity (Wildman–Crippen MR) is 61.9 cm³/mol. The third-order valence-corrected chi connectivity index (χ3v) is 1.82. The van der Waals surface area contributed by atoms with Crippen LogP contribution in [0.1, 0.15) is 40.0 Å². The van der Waals surface area contributed by atoms with E-state index in [1.54, 1.807) is 0 Å². The maximum atomic E-state index is 5.69. The van der Waals surface area contributed by atoms with Crippen molar-refractivity contribution < 1.29 is 0 Å². The molecule has 0 rings (SSSR count). The molecule has 0 heterocycles. The molecular formula is C12H19B. The van der Waals surface area contributed by atoms with Crippen LogP contribution in [-0.2, 0) is 0 Å². The molecule has 0 atom stereocenters. The van der Waals surface area contributed by atoms with E-state index in [2.05, 4.69) is 19.9 Å². The lowest BCUT2D eigenvalue weighted by molar-refractivity contribution is 0.899. The molecule has 0 fully saturated rings. The highest BCUT2D eigenvalue weighted by molar-refractivity contribution is 6.23. The molecule has 0 aromatic heterocycles. The van der Waals surface area contributed by atoms with Crippen molar-refractivity contribution in [2.24, 2.45) is 0 Å². The van der Waals surface area contributed by atoms with Crippen LogP contribution in [-0.4, -0.2) is 7.85 Å². The van der Waals surface area contributed by atoms with Gasteiger partial charge in [-0.25, -0.2) is 0 Å². The Balaban J connectivity index is 3.88. The van der Waals surface area contributed by atoms with Crippen LogP contribution in [0.4, 0.5) is 0 Å². The van der Waals surface area contributed by atoms with Gasteiger partial charge in [0.25, 0.3) is 0 Å². The van der Waals surface area contributed by atoms with Crippen molar-refractivity contribution in [1.82, 2.24) is 0 Å². The lowest BCUT2D eigenvalue weighted by Crippen LogP contribution is -1.77. The SMILES string of the molecule is [B]C(=C/C/C=C(\C)CCC)/C=C/C. The summed E-state index contributed by atoms with van der Waals surface area (Å²) in [7, 11) is 5.69. The van der Waals surface area contributed by atoms with Crippen LogP contribution >= 0.6 is 0 Å². The van der Waals surface area contributed by atoms with E-state index in [4.69, 9.17) is 7.85 Å². The molecular weight excluding hydrogens is 155 g/mol. The molecule has 0 amide bonds. The van der Waals surface area contributed by atoms with Gasteiger partial charge >= 0.3 is 0 Å². The Bertz CT molecular complexity index is 209. The Hall–Kier alpha value is -0.715. The second-order valence-electron chi connectivity index (χ2n) is 3.24. The Labute approximate surface area is 83.8 Å². The summed E-state index contributed by atoms with van der Waals surface area (Å²) in [5, 5.41) is 0. The molecule has 0 spiro atoms. The van der Waals surface area contributed by atoms with Gasteiger partial charge in [0.15, 0.2) is 0 Å². The number of hydrogen-bond donors (Lipinski definition) is 0. The fourth-order valence-electron chi connectivity index (χ4n) is 1.15. The third-order valence-electron chi connectivity index (χ3n) is 1.82. The van der Waals surface area contributed by atoms with Crippen molar-refractivity contribution in [2.75, 3.05) is 0 Å². The fourth-order valence-corrected chi connectivity index (χ4v) is 1.15. The average Bonchev–Trinajstić information content (AvgIpc) is 2.05. The maximum absolute atomic E-state index is 5.69. The van der Waals surface area contributed by atoms with E-state index in [9.17, 15) is 0 Å². The molecule has 0 aliphatic carbocycles. The Morgan fingerprint density at radius 1 is 1.31 bits per heavy atom. The van der Waals surface area contributed by atoms with Crippen LogP contribution in [0.5, 0.6) is 0 Å². The monoisotopic (exact) mass is 174 g/mol. The highest BCUT2D eigenvalue weighted by Gasteiger charge is 1.85. The first-order valence-electron chi connectivity index (χ1n) is 4.94. The number of allylic oxidation sites excluding steroid dienone is 6. The van der Waals surface area contributed by atoms with Crippen molar-refractivity contribution in [2.45, 2.75) is 40.0 Å². The van der Waals surface area contributed by atoms with E-state index in [1.807, 2.05) is 25.2 Å². The van der Waals surface area contributed by atoms with Crippen molar-refractivity contribution >= 4 is 7.85 Å². The lowest BCUT2D eigenvalue weighted by Gasteiger charge is -1.96. The molecule has 0 N–H and O–H groups in total. The number of rotatable bonds is 5. The first kappa shape index (κ1) is 12.3. The first-order chi connectivity index (χ1) is 6.20.